The minimum Gasteiger partial charge on any atom is -0.494 e. The third-order valence-corrected chi connectivity index (χ3v) is 8.84. The number of sulfonamides is 1. The van der Waals surface area contributed by atoms with Crippen LogP contribution in [0.25, 0.3) is 0 Å². The van der Waals surface area contributed by atoms with E-state index in [0.717, 1.165) is 21.9 Å². The molecule has 1 atom stereocenters. The number of amides is 2. The standard InChI is InChI=1S/C33H43N3O7S/c1-7-20-34-33(38)29(8-2)35(22-25-12-10-24(4)11-13-25)32(37)23-36(26-14-16-27(17-15-26)43-9-3)44(39,40)28-18-19-30(41-5)31(21-28)42-6/h10-19,21,29H,7-9,20,22-23H2,1-6H3,(H,34,38). The summed E-state index contributed by atoms with van der Waals surface area (Å²) in [6, 6.07) is 17.6. The molecule has 238 valence electrons. The van der Waals surface area contributed by atoms with Crippen LogP contribution in [0.3, 0.4) is 0 Å². The molecule has 0 bridgehead atoms. The molecule has 3 aromatic carbocycles. The van der Waals surface area contributed by atoms with Crippen LogP contribution in [0, 0.1) is 6.92 Å². The fourth-order valence-electron chi connectivity index (χ4n) is 4.68. The SMILES string of the molecule is CCCNC(=O)C(CC)N(Cc1ccc(C)cc1)C(=O)CN(c1ccc(OCC)cc1)S(=O)(=O)c1ccc(OC)c(OC)c1. The van der Waals surface area contributed by atoms with E-state index in [1.165, 1.54) is 37.3 Å². The van der Waals surface area contributed by atoms with Crippen molar-refractivity contribution in [2.24, 2.45) is 0 Å². The van der Waals surface area contributed by atoms with Gasteiger partial charge in [-0.3, -0.25) is 13.9 Å². The number of ether oxygens (including phenoxy) is 3. The van der Waals surface area contributed by atoms with Crippen LogP contribution in [-0.4, -0.2) is 65.1 Å². The van der Waals surface area contributed by atoms with Gasteiger partial charge in [0.2, 0.25) is 11.8 Å². The summed E-state index contributed by atoms with van der Waals surface area (Å²) < 4.78 is 45.7. The Kier molecular flexibility index (Phi) is 12.5. The molecule has 0 saturated carbocycles. The Hall–Kier alpha value is -4.25. The number of nitrogens with zero attached hydrogens (tertiary/aromatic N) is 2. The van der Waals surface area contributed by atoms with Gasteiger partial charge in [-0.25, -0.2) is 8.42 Å². The van der Waals surface area contributed by atoms with Gasteiger partial charge in [0.15, 0.2) is 11.5 Å². The highest BCUT2D eigenvalue weighted by Gasteiger charge is 2.34. The van der Waals surface area contributed by atoms with E-state index < -0.39 is 28.5 Å². The van der Waals surface area contributed by atoms with Crippen LogP contribution >= 0.6 is 0 Å². The minimum atomic E-state index is -4.30. The number of carbonyl (C=O) groups excluding carboxylic acids is 2. The maximum Gasteiger partial charge on any atom is 0.264 e. The van der Waals surface area contributed by atoms with Gasteiger partial charge in [-0.2, -0.15) is 0 Å². The summed E-state index contributed by atoms with van der Waals surface area (Å²) in [6.45, 7) is 8.09. The van der Waals surface area contributed by atoms with Gasteiger partial charge >= 0.3 is 0 Å². The second-order valence-corrected chi connectivity index (χ2v) is 12.0. The van der Waals surface area contributed by atoms with Crippen molar-refractivity contribution in [3.8, 4) is 17.2 Å². The Morgan fingerprint density at radius 1 is 0.886 bits per heavy atom. The van der Waals surface area contributed by atoms with Crippen molar-refractivity contribution in [3.63, 3.8) is 0 Å². The van der Waals surface area contributed by atoms with Crippen LogP contribution in [0.2, 0.25) is 0 Å². The van der Waals surface area contributed by atoms with Crippen molar-refractivity contribution in [1.29, 1.82) is 0 Å². The first-order valence-corrected chi connectivity index (χ1v) is 16.1. The Morgan fingerprint density at radius 3 is 2.11 bits per heavy atom. The first kappa shape index (κ1) is 34.2. The second kappa shape index (κ2) is 16.0. The molecule has 3 rings (SSSR count). The molecule has 2 amide bonds. The van der Waals surface area contributed by atoms with E-state index >= 15 is 0 Å². The highest BCUT2D eigenvalue weighted by atomic mass is 32.2. The Labute approximate surface area is 261 Å². The topological polar surface area (TPSA) is 114 Å². The molecule has 0 aliphatic heterocycles. The molecular weight excluding hydrogens is 582 g/mol. The van der Waals surface area contributed by atoms with E-state index in [0.29, 0.717) is 31.1 Å². The number of benzene rings is 3. The van der Waals surface area contributed by atoms with E-state index in [9.17, 15) is 18.0 Å². The zero-order valence-corrected chi connectivity index (χ0v) is 27.1. The lowest BCUT2D eigenvalue weighted by Crippen LogP contribution is -2.52. The maximum absolute atomic E-state index is 14.2. The van der Waals surface area contributed by atoms with Crippen molar-refractivity contribution in [3.05, 3.63) is 77.9 Å². The van der Waals surface area contributed by atoms with E-state index in [1.807, 2.05) is 52.0 Å². The summed E-state index contributed by atoms with van der Waals surface area (Å²) in [7, 11) is -1.43. The van der Waals surface area contributed by atoms with Gasteiger partial charge in [-0.1, -0.05) is 43.7 Å². The molecule has 0 saturated heterocycles. The molecular formula is C33H43N3O7S. The number of rotatable bonds is 16. The number of methoxy groups -OCH3 is 2. The second-order valence-electron chi connectivity index (χ2n) is 10.2. The van der Waals surface area contributed by atoms with Crippen molar-refractivity contribution >= 4 is 27.5 Å². The highest BCUT2D eigenvalue weighted by molar-refractivity contribution is 7.92. The predicted molar refractivity (Wildman–Crippen MR) is 171 cm³/mol. The normalized spacial score (nSPS) is 11.8. The van der Waals surface area contributed by atoms with Crippen LogP contribution in [0.5, 0.6) is 17.2 Å². The Morgan fingerprint density at radius 2 is 1.55 bits per heavy atom. The van der Waals surface area contributed by atoms with E-state index in [4.69, 9.17) is 14.2 Å². The summed E-state index contributed by atoms with van der Waals surface area (Å²) in [5.41, 5.74) is 2.14. The summed E-state index contributed by atoms with van der Waals surface area (Å²) in [5, 5.41) is 2.89. The quantitative estimate of drug-likeness (QED) is 0.240. The van der Waals surface area contributed by atoms with Crippen LogP contribution < -0.4 is 23.8 Å². The molecule has 0 heterocycles. The molecule has 1 N–H and O–H groups in total. The first-order chi connectivity index (χ1) is 21.1. The lowest BCUT2D eigenvalue weighted by Gasteiger charge is -2.33. The third-order valence-electron chi connectivity index (χ3n) is 7.07. The largest absolute Gasteiger partial charge is 0.494 e. The molecule has 1 unspecified atom stereocenters. The molecule has 0 aliphatic carbocycles. The van der Waals surface area contributed by atoms with Crippen LogP contribution in [0.15, 0.2) is 71.6 Å². The molecule has 44 heavy (non-hydrogen) atoms. The fraction of sp³-hybridized carbons (Fsp3) is 0.394. The molecule has 0 spiro atoms. The van der Waals surface area contributed by atoms with Gasteiger partial charge in [0.05, 0.1) is 31.4 Å². The van der Waals surface area contributed by atoms with Gasteiger partial charge in [-0.05, 0) is 68.7 Å². The maximum atomic E-state index is 14.2. The minimum absolute atomic E-state index is 0.0883. The number of aryl methyl sites for hydroxylation is 1. The van der Waals surface area contributed by atoms with E-state index in [1.54, 1.807) is 24.3 Å². The summed E-state index contributed by atoms with van der Waals surface area (Å²) in [5.74, 6) is 0.340. The average molecular weight is 626 g/mol. The molecule has 0 fully saturated rings. The van der Waals surface area contributed by atoms with Gasteiger partial charge < -0.3 is 24.4 Å². The van der Waals surface area contributed by atoms with Crippen molar-refractivity contribution in [2.75, 3.05) is 38.2 Å². The molecule has 0 aromatic heterocycles. The lowest BCUT2D eigenvalue weighted by molar-refractivity contribution is -0.140. The molecule has 0 aliphatic rings. The lowest BCUT2D eigenvalue weighted by atomic mass is 10.1. The van der Waals surface area contributed by atoms with Crippen molar-refractivity contribution < 1.29 is 32.2 Å². The average Bonchev–Trinajstić information content (AvgIpc) is 3.03. The van der Waals surface area contributed by atoms with Gasteiger partial charge in [0.25, 0.3) is 10.0 Å². The first-order valence-electron chi connectivity index (χ1n) is 14.7. The molecule has 0 radical (unpaired) electrons. The number of hydrogen-bond donors (Lipinski definition) is 1. The summed E-state index contributed by atoms with van der Waals surface area (Å²) in [4.78, 5) is 28.8. The number of anilines is 1. The van der Waals surface area contributed by atoms with Gasteiger partial charge in [-0.15, -0.1) is 0 Å². The van der Waals surface area contributed by atoms with Gasteiger partial charge in [0.1, 0.15) is 18.3 Å². The van der Waals surface area contributed by atoms with Gasteiger partial charge in [0, 0.05) is 19.2 Å². The van der Waals surface area contributed by atoms with Crippen LogP contribution in [-0.2, 0) is 26.2 Å². The predicted octanol–water partition coefficient (Wildman–Crippen LogP) is 4.94. The molecule has 10 nitrogen and oxygen atoms in total. The fourth-order valence-corrected chi connectivity index (χ4v) is 6.11. The number of carbonyl (C=O) groups is 2. The summed E-state index contributed by atoms with van der Waals surface area (Å²) >= 11 is 0. The Bertz CT molecular complexity index is 1490. The van der Waals surface area contributed by atoms with E-state index in [-0.39, 0.29) is 28.8 Å². The zero-order valence-electron chi connectivity index (χ0n) is 26.3. The highest BCUT2D eigenvalue weighted by Crippen LogP contribution is 2.33. The molecule has 11 heteroatoms. The summed E-state index contributed by atoms with van der Waals surface area (Å²) in [6.07, 6.45) is 1.09. The van der Waals surface area contributed by atoms with Crippen LogP contribution in [0.4, 0.5) is 5.69 Å². The van der Waals surface area contributed by atoms with E-state index in [2.05, 4.69) is 5.32 Å². The van der Waals surface area contributed by atoms with Crippen molar-refractivity contribution in [2.45, 2.75) is 58.0 Å². The molecule has 3 aromatic rings. The monoisotopic (exact) mass is 625 g/mol. The third kappa shape index (κ3) is 8.43. The zero-order chi connectivity index (χ0) is 32.3. The number of nitrogens with one attached hydrogen (secondary N) is 1. The Balaban J connectivity index is 2.10. The van der Waals surface area contributed by atoms with Crippen LogP contribution in [0.1, 0.15) is 44.7 Å². The smallest absolute Gasteiger partial charge is 0.264 e. The van der Waals surface area contributed by atoms with Crippen molar-refractivity contribution in [1.82, 2.24) is 10.2 Å². The number of hydrogen-bond acceptors (Lipinski definition) is 7.